The van der Waals surface area contributed by atoms with Crippen molar-refractivity contribution in [3.05, 3.63) is 29.3 Å². The molecule has 0 aliphatic carbocycles. The van der Waals surface area contributed by atoms with Gasteiger partial charge in [0.05, 0.1) is 23.2 Å². The number of rotatable bonds is 5. The summed E-state index contributed by atoms with van der Waals surface area (Å²) in [5.41, 5.74) is 2.66. The number of para-hydroxylation sites is 1. The van der Waals surface area contributed by atoms with Gasteiger partial charge in [-0.05, 0) is 37.3 Å². The number of aliphatic hydroxyl groups excluding tert-OH is 1. The average Bonchev–Trinajstić information content (AvgIpc) is 3.29. The Morgan fingerprint density at radius 2 is 1.93 bits per heavy atom. The third kappa shape index (κ3) is 2.80. The summed E-state index contributed by atoms with van der Waals surface area (Å²) in [5.74, 6) is -1.45. The van der Waals surface area contributed by atoms with Gasteiger partial charge >= 0.3 is 0 Å². The van der Waals surface area contributed by atoms with Crippen molar-refractivity contribution in [2.24, 2.45) is 17.8 Å². The van der Waals surface area contributed by atoms with Crippen LogP contribution in [0.3, 0.4) is 0 Å². The van der Waals surface area contributed by atoms with Gasteiger partial charge in [0.1, 0.15) is 6.04 Å². The predicted octanol–water partition coefficient (Wildman–Crippen LogP) is 1.32. The lowest BCUT2D eigenvalue weighted by molar-refractivity contribution is -0.139. The van der Waals surface area contributed by atoms with Crippen molar-refractivity contribution in [2.75, 3.05) is 25.5 Å². The van der Waals surface area contributed by atoms with E-state index >= 15 is 0 Å². The number of nitrogens with one attached hydrogen (secondary N) is 2. The topological polar surface area (TPSA) is 98.7 Å². The lowest BCUT2D eigenvalue weighted by atomic mass is 9.66. The lowest BCUT2D eigenvalue weighted by Crippen LogP contribution is -2.55. The maximum Gasteiger partial charge on any atom is 0.248 e. The molecule has 1 aromatic carbocycles. The average molecular weight is 432 g/mol. The number of hydrogen-bond donors (Lipinski definition) is 3. The van der Waals surface area contributed by atoms with Crippen molar-refractivity contribution in [3.63, 3.8) is 0 Å². The molecular weight excluding hydrogens is 402 g/mol. The smallest absolute Gasteiger partial charge is 0.248 e. The molecule has 4 rings (SSSR count). The van der Waals surface area contributed by atoms with Crippen LogP contribution in [-0.4, -0.2) is 64.0 Å². The monoisotopic (exact) mass is 431 g/mol. The summed E-state index contributed by atoms with van der Waals surface area (Å²) in [6.07, 6.45) is 0.798. The number of hydrogen-bond acceptors (Lipinski definition) is 5. The number of aliphatic hydroxyl groups is 1. The van der Waals surface area contributed by atoms with E-state index in [0.29, 0.717) is 0 Å². The summed E-state index contributed by atoms with van der Waals surface area (Å²) in [6, 6.07) is 5.10. The van der Waals surface area contributed by atoms with Crippen molar-refractivity contribution >= 4 is 35.2 Å². The molecule has 1 aromatic rings. The molecule has 2 bridgehead atoms. The molecule has 1 spiro atoms. The quantitative estimate of drug-likeness (QED) is 0.653. The fourth-order valence-corrected chi connectivity index (χ4v) is 8.26. The van der Waals surface area contributed by atoms with Crippen LogP contribution < -0.4 is 10.6 Å². The Morgan fingerprint density at radius 3 is 2.53 bits per heavy atom. The van der Waals surface area contributed by atoms with Crippen LogP contribution in [0.4, 0.5) is 5.69 Å². The number of β-amino-alcohol motifs (C(OH)–C–C–N with tert-alkyl or cyclic N) is 1. The van der Waals surface area contributed by atoms with Crippen LogP contribution in [0.5, 0.6) is 0 Å². The number of carbonyl (C=O) groups excluding carboxylic acids is 3. The van der Waals surface area contributed by atoms with E-state index < -0.39 is 22.6 Å². The van der Waals surface area contributed by atoms with Gasteiger partial charge in [0.2, 0.25) is 17.7 Å². The van der Waals surface area contributed by atoms with Gasteiger partial charge in [0.15, 0.2) is 0 Å². The standard InChI is InChI=1S/C22H29N3O4S/c1-11-6-5-7-12(2)17(11)24-20(28)18-22-13(3)10-14(30-22)15(19(27)23-4)16(22)21(29)25(18)8-9-26/h5-7,13-16,18,26H,8-10H2,1-4H3,(H,23,27)(H,24,28)/t13?,14-,15+,16+,18?,22?/m1/s1. The van der Waals surface area contributed by atoms with Gasteiger partial charge in [0, 0.05) is 24.5 Å². The van der Waals surface area contributed by atoms with Crippen molar-refractivity contribution in [1.82, 2.24) is 10.2 Å². The highest BCUT2D eigenvalue weighted by Gasteiger charge is 2.75. The van der Waals surface area contributed by atoms with Gasteiger partial charge in [-0.3, -0.25) is 14.4 Å². The van der Waals surface area contributed by atoms with Crippen LogP contribution in [0.15, 0.2) is 18.2 Å². The predicted molar refractivity (Wildman–Crippen MR) is 116 cm³/mol. The Balaban J connectivity index is 1.76. The van der Waals surface area contributed by atoms with E-state index in [2.05, 4.69) is 17.6 Å². The van der Waals surface area contributed by atoms with Crippen LogP contribution >= 0.6 is 11.8 Å². The first-order valence-corrected chi connectivity index (χ1v) is 11.3. The molecule has 3 aliphatic heterocycles. The maximum atomic E-state index is 13.7. The Kier molecular flexibility index (Phi) is 5.34. The number of nitrogens with zero attached hydrogens (tertiary/aromatic N) is 1. The molecule has 7 nitrogen and oxygen atoms in total. The number of amides is 3. The van der Waals surface area contributed by atoms with Crippen LogP contribution in [-0.2, 0) is 14.4 Å². The van der Waals surface area contributed by atoms with Crippen molar-refractivity contribution < 1.29 is 19.5 Å². The summed E-state index contributed by atoms with van der Waals surface area (Å²) >= 11 is 1.63. The molecule has 8 heteroatoms. The molecule has 3 amide bonds. The third-order valence-electron chi connectivity index (χ3n) is 7.11. The van der Waals surface area contributed by atoms with E-state index in [1.165, 1.54) is 4.90 Å². The molecule has 0 aromatic heterocycles. The minimum Gasteiger partial charge on any atom is -0.395 e. The van der Waals surface area contributed by atoms with E-state index in [9.17, 15) is 19.5 Å². The molecule has 3 unspecified atom stereocenters. The number of anilines is 1. The highest BCUT2D eigenvalue weighted by atomic mass is 32.2. The maximum absolute atomic E-state index is 13.7. The van der Waals surface area contributed by atoms with Gasteiger partial charge in [-0.2, -0.15) is 0 Å². The SMILES string of the molecule is CNC(=O)[C@@H]1[C@H]2C(=O)N(CCO)C(C(=O)Nc3c(C)cccc3C)C23S[C@@H]1CC3C. The van der Waals surface area contributed by atoms with Crippen LogP contribution in [0.2, 0.25) is 0 Å². The fraction of sp³-hybridized carbons (Fsp3) is 0.591. The first-order valence-electron chi connectivity index (χ1n) is 10.5. The molecule has 3 fully saturated rings. The van der Waals surface area contributed by atoms with Gasteiger partial charge in [-0.15, -0.1) is 11.8 Å². The molecule has 3 saturated heterocycles. The van der Waals surface area contributed by atoms with Crippen LogP contribution in [0.1, 0.15) is 24.5 Å². The summed E-state index contributed by atoms with van der Waals surface area (Å²) < 4.78 is -0.658. The molecule has 3 aliphatic rings. The van der Waals surface area contributed by atoms with E-state index in [-0.39, 0.29) is 42.0 Å². The van der Waals surface area contributed by atoms with E-state index in [0.717, 1.165) is 23.2 Å². The van der Waals surface area contributed by atoms with Crippen LogP contribution in [0.25, 0.3) is 0 Å². The zero-order chi connectivity index (χ0) is 21.8. The zero-order valence-corrected chi connectivity index (χ0v) is 18.6. The highest BCUT2D eigenvalue weighted by Crippen LogP contribution is 2.68. The lowest BCUT2D eigenvalue weighted by Gasteiger charge is -2.38. The molecule has 0 saturated carbocycles. The van der Waals surface area contributed by atoms with Crippen molar-refractivity contribution in [3.8, 4) is 0 Å². The van der Waals surface area contributed by atoms with E-state index in [1.807, 2.05) is 32.0 Å². The highest BCUT2D eigenvalue weighted by molar-refractivity contribution is 8.02. The van der Waals surface area contributed by atoms with Gasteiger partial charge in [-0.25, -0.2) is 0 Å². The number of fused-ring (bicyclic) bond motifs is 1. The second kappa shape index (κ2) is 7.57. The first-order chi connectivity index (χ1) is 14.3. The van der Waals surface area contributed by atoms with Crippen molar-refractivity contribution in [2.45, 2.75) is 43.2 Å². The zero-order valence-electron chi connectivity index (χ0n) is 17.8. The Hall–Kier alpha value is -2.06. The largest absolute Gasteiger partial charge is 0.395 e. The van der Waals surface area contributed by atoms with Crippen LogP contribution in [0, 0.1) is 31.6 Å². The normalized spacial score (nSPS) is 34.2. The van der Waals surface area contributed by atoms with Gasteiger partial charge < -0.3 is 20.6 Å². The van der Waals surface area contributed by atoms with Gasteiger partial charge in [0.25, 0.3) is 0 Å². The number of benzene rings is 1. The summed E-state index contributed by atoms with van der Waals surface area (Å²) in [7, 11) is 1.59. The molecule has 3 heterocycles. The molecule has 162 valence electrons. The molecule has 30 heavy (non-hydrogen) atoms. The summed E-state index contributed by atoms with van der Waals surface area (Å²) in [6.45, 7) is 5.81. The summed E-state index contributed by atoms with van der Waals surface area (Å²) in [5, 5.41) is 15.4. The molecule has 0 radical (unpaired) electrons. The van der Waals surface area contributed by atoms with Crippen molar-refractivity contribution in [1.29, 1.82) is 0 Å². The number of carbonyl (C=O) groups is 3. The molecular formula is C22H29N3O4S. The van der Waals surface area contributed by atoms with Gasteiger partial charge in [-0.1, -0.05) is 25.1 Å². The Labute approximate surface area is 181 Å². The third-order valence-corrected chi connectivity index (χ3v) is 9.19. The molecule has 6 atom stereocenters. The molecule has 3 N–H and O–H groups in total. The minimum atomic E-state index is -0.721. The number of likely N-dealkylation sites (tertiary alicyclic amines) is 1. The second-order valence-corrected chi connectivity index (χ2v) is 10.2. The fourth-order valence-electron chi connectivity index (χ4n) is 5.84. The Bertz CT molecular complexity index is 886. The summed E-state index contributed by atoms with van der Waals surface area (Å²) in [4.78, 5) is 41.3. The second-order valence-electron chi connectivity index (χ2n) is 8.68. The van der Waals surface area contributed by atoms with E-state index in [4.69, 9.17) is 0 Å². The van der Waals surface area contributed by atoms with E-state index in [1.54, 1.807) is 18.8 Å². The first kappa shape index (κ1) is 21.2. The number of thioether (sulfide) groups is 1. The number of aryl methyl sites for hydroxylation is 2. The Morgan fingerprint density at radius 1 is 1.27 bits per heavy atom. The minimum absolute atomic E-state index is 0.0284.